The Bertz CT molecular complexity index is 196. The predicted molar refractivity (Wildman–Crippen MR) is 57.3 cm³/mol. The lowest BCUT2D eigenvalue weighted by Crippen LogP contribution is -2.24. The first-order valence-corrected chi connectivity index (χ1v) is 5.71. The Morgan fingerprint density at radius 1 is 1.40 bits per heavy atom. The first-order chi connectivity index (χ1) is 7.27. The van der Waals surface area contributed by atoms with Gasteiger partial charge in [0.1, 0.15) is 6.61 Å². The van der Waals surface area contributed by atoms with Gasteiger partial charge in [0.2, 0.25) is 0 Å². The molecule has 1 rings (SSSR count). The van der Waals surface area contributed by atoms with Crippen LogP contribution in [-0.2, 0) is 14.3 Å². The van der Waals surface area contributed by atoms with Gasteiger partial charge in [-0.25, -0.2) is 4.79 Å². The Labute approximate surface area is 91.1 Å². The van der Waals surface area contributed by atoms with Crippen molar-refractivity contribution in [3.05, 3.63) is 0 Å². The van der Waals surface area contributed by atoms with E-state index in [0.29, 0.717) is 25.0 Å². The van der Waals surface area contributed by atoms with Crippen LogP contribution < -0.4 is 5.73 Å². The van der Waals surface area contributed by atoms with Gasteiger partial charge in [0.25, 0.3) is 0 Å². The van der Waals surface area contributed by atoms with E-state index in [1.54, 1.807) is 6.92 Å². The van der Waals surface area contributed by atoms with Crippen molar-refractivity contribution in [3.8, 4) is 0 Å². The van der Waals surface area contributed by atoms with E-state index in [9.17, 15) is 4.79 Å². The Kier molecular flexibility index (Phi) is 5.65. The van der Waals surface area contributed by atoms with Crippen LogP contribution in [0.5, 0.6) is 0 Å². The van der Waals surface area contributed by atoms with Gasteiger partial charge in [0.15, 0.2) is 0 Å². The van der Waals surface area contributed by atoms with Gasteiger partial charge in [-0.1, -0.05) is 6.42 Å². The summed E-state index contributed by atoms with van der Waals surface area (Å²) in [6.07, 6.45) is 3.60. The molecule has 0 radical (unpaired) electrons. The van der Waals surface area contributed by atoms with Crippen LogP contribution in [0.3, 0.4) is 0 Å². The Balaban J connectivity index is 2.11. The maximum Gasteiger partial charge on any atom is 0.332 e. The summed E-state index contributed by atoms with van der Waals surface area (Å²) >= 11 is 0. The molecule has 1 saturated carbocycles. The fourth-order valence-corrected chi connectivity index (χ4v) is 2.14. The molecule has 1 aliphatic carbocycles. The first kappa shape index (κ1) is 12.5. The topological polar surface area (TPSA) is 61.5 Å². The zero-order chi connectivity index (χ0) is 11.1. The minimum Gasteiger partial charge on any atom is -0.464 e. The second-order valence-corrected chi connectivity index (χ2v) is 4.01. The van der Waals surface area contributed by atoms with Crippen molar-refractivity contribution >= 4 is 5.97 Å². The van der Waals surface area contributed by atoms with Crippen LogP contribution in [0.15, 0.2) is 0 Å². The van der Waals surface area contributed by atoms with E-state index in [4.69, 9.17) is 15.2 Å². The molecule has 2 unspecified atom stereocenters. The predicted octanol–water partition coefficient (Wildman–Crippen LogP) is 0.941. The maximum absolute atomic E-state index is 11.0. The monoisotopic (exact) mass is 215 g/mol. The fourth-order valence-electron chi connectivity index (χ4n) is 2.14. The second-order valence-electron chi connectivity index (χ2n) is 4.01. The molecule has 88 valence electrons. The average Bonchev–Trinajstić information content (AvgIpc) is 2.66. The largest absolute Gasteiger partial charge is 0.464 e. The molecule has 0 aliphatic heterocycles. The Morgan fingerprint density at radius 3 is 2.80 bits per heavy atom. The smallest absolute Gasteiger partial charge is 0.332 e. The summed E-state index contributed by atoms with van der Waals surface area (Å²) in [4.78, 5) is 11.0. The van der Waals surface area contributed by atoms with Crippen LogP contribution in [0, 0.1) is 11.8 Å². The van der Waals surface area contributed by atoms with Gasteiger partial charge in [-0.2, -0.15) is 0 Å². The molecule has 0 heterocycles. The molecule has 0 amide bonds. The summed E-state index contributed by atoms with van der Waals surface area (Å²) in [6.45, 7) is 3.64. The zero-order valence-corrected chi connectivity index (χ0v) is 9.41. The lowest BCUT2D eigenvalue weighted by molar-refractivity contribution is -0.149. The molecule has 4 heteroatoms. The van der Waals surface area contributed by atoms with Crippen LogP contribution in [-0.4, -0.2) is 32.3 Å². The van der Waals surface area contributed by atoms with Gasteiger partial charge in [-0.15, -0.1) is 0 Å². The number of carbonyl (C=O) groups is 1. The third kappa shape index (κ3) is 4.18. The molecule has 1 fully saturated rings. The Hall–Kier alpha value is -0.610. The highest BCUT2D eigenvalue weighted by molar-refractivity contribution is 5.70. The minimum atomic E-state index is -0.278. The van der Waals surface area contributed by atoms with Crippen molar-refractivity contribution in [2.45, 2.75) is 26.2 Å². The summed E-state index contributed by atoms with van der Waals surface area (Å²) in [5.41, 5.74) is 5.66. The van der Waals surface area contributed by atoms with Crippen LogP contribution in [0.1, 0.15) is 26.2 Å². The lowest BCUT2D eigenvalue weighted by Gasteiger charge is -2.17. The third-order valence-electron chi connectivity index (χ3n) is 2.98. The van der Waals surface area contributed by atoms with E-state index in [1.807, 2.05) is 0 Å². The summed E-state index contributed by atoms with van der Waals surface area (Å²) in [7, 11) is 0. The molecule has 0 aromatic rings. The highest BCUT2D eigenvalue weighted by Crippen LogP contribution is 2.30. The van der Waals surface area contributed by atoms with E-state index in [-0.39, 0.29) is 12.6 Å². The summed E-state index contributed by atoms with van der Waals surface area (Å²) < 4.78 is 10.1. The minimum absolute atomic E-state index is 0.0711. The summed E-state index contributed by atoms with van der Waals surface area (Å²) in [5, 5.41) is 0. The van der Waals surface area contributed by atoms with E-state index < -0.39 is 0 Å². The molecule has 0 bridgehead atoms. The van der Waals surface area contributed by atoms with Gasteiger partial charge < -0.3 is 15.2 Å². The van der Waals surface area contributed by atoms with Crippen LogP contribution >= 0.6 is 0 Å². The van der Waals surface area contributed by atoms with E-state index in [1.165, 1.54) is 19.3 Å². The number of carbonyl (C=O) groups excluding carboxylic acids is 1. The molecule has 2 atom stereocenters. The number of esters is 1. The lowest BCUT2D eigenvalue weighted by atomic mass is 9.97. The number of ether oxygens (including phenoxy) is 2. The number of rotatable bonds is 6. The van der Waals surface area contributed by atoms with Gasteiger partial charge in [-0.05, 0) is 38.1 Å². The zero-order valence-electron chi connectivity index (χ0n) is 9.41. The quantitative estimate of drug-likeness (QED) is 0.670. The second kappa shape index (κ2) is 6.80. The van der Waals surface area contributed by atoms with Crippen molar-refractivity contribution in [1.29, 1.82) is 0 Å². The number of hydrogen-bond donors (Lipinski definition) is 1. The molecule has 0 aromatic heterocycles. The van der Waals surface area contributed by atoms with Crippen molar-refractivity contribution in [1.82, 2.24) is 0 Å². The van der Waals surface area contributed by atoms with Crippen molar-refractivity contribution in [3.63, 3.8) is 0 Å². The van der Waals surface area contributed by atoms with Crippen molar-refractivity contribution in [2.75, 3.05) is 26.4 Å². The van der Waals surface area contributed by atoms with Gasteiger partial charge in [-0.3, -0.25) is 0 Å². The van der Waals surface area contributed by atoms with Crippen molar-refractivity contribution in [2.24, 2.45) is 17.6 Å². The maximum atomic E-state index is 11.0. The van der Waals surface area contributed by atoms with E-state index >= 15 is 0 Å². The van der Waals surface area contributed by atoms with Gasteiger partial charge >= 0.3 is 5.97 Å². The molecule has 4 nitrogen and oxygen atoms in total. The highest BCUT2D eigenvalue weighted by atomic mass is 16.6. The number of nitrogens with two attached hydrogens (primary N) is 1. The molecule has 0 spiro atoms. The van der Waals surface area contributed by atoms with Crippen LogP contribution in [0.2, 0.25) is 0 Å². The van der Waals surface area contributed by atoms with Gasteiger partial charge in [0.05, 0.1) is 13.2 Å². The molecule has 0 saturated heterocycles. The summed E-state index contributed by atoms with van der Waals surface area (Å²) in [5.74, 6) is 0.830. The molecular formula is C11H21NO3. The SMILES string of the molecule is CCOC(=O)COCC1CCCC1CN. The van der Waals surface area contributed by atoms with Crippen LogP contribution in [0.25, 0.3) is 0 Å². The molecular weight excluding hydrogens is 194 g/mol. The first-order valence-electron chi connectivity index (χ1n) is 5.71. The highest BCUT2D eigenvalue weighted by Gasteiger charge is 2.26. The number of hydrogen-bond acceptors (Lipinski definition) is 4. The van der Waals surface area contributed by atoms with E-state index in [0.717, 1.165) is 6.54 Å². The third-order valence-corrected chi connectivity index (χ3v) is 2.98. The average molecular weight is 215 g/mol. The normalized spacial score (nSPS) is 25.5. The standard InChI is InChI=1S/C11H21NO3/c1-2-15-11(13)8-14-7-10-5-3-4-9(10)6-12/h9-10H,2-8,12H2,1H3. The molecule has 15 heavy (non-hydrogen) atoms. The van der Waals surface area contributed by atoms with Gasteiger partial charge in [0, 0.05) is 0 Å². The van der Waals surface area contributed by atoms with Crippen LogP contribution in [0.4, 0.5) is 0 Å². The van der Waals surface area contributed by atoms with E-state index in [2.05, 4.69) is 0 Å². The molecule has 0 aromatic carbocycles. The fraction of sp³-hybridized carbons (Fsp3) is 0.909. The van der Waals surface area contributed by atoms with Crippen molar-refractivity contribution < 1.29 is 14.3 Å². The molecule has 2 N–H and O–H groups in total. The molecule has 1 aliphatic rings. The Morgan fingerprint density at radius 2 is 2.13 bits per heavy atom. The summed E-state index contributed by atoms with van der Waals surface area (Å²) in [6, 6.07) is 0.